The Balaban J connectivity index is 1.47. The minimum Gasteiger partial charge on any atom is -0.366 e. The molecule has 0 saturated carbocycles. The SMILES string of the molecule is Cc1nc(Nc2cc(C)on2)cc(N2CCN(c3ccccc3F)CC2)n1. The lowest BCUT2D eigenvalue weighted by atomic mass is 10.2. The van der Waals surface area contributed by atoms with Gasteiger partial charge in [0.1, 0.15) is 29.0 Å². The lowest BCUT2D eigenvalue weighted by Crippen LogP contribution is -2.47. The number of anilines is 4. The zero-order valence-electron chi connectivity index (χ0n) is 15.3. The Labute approximate surface area is 156 Å². The molecule has 0 amide bonds. The van der Waals surface area contributed by atoms with E-state index in [9.17, 15) is 4.39 Å². The Morgan fingerprint density at radius 2 is 1.70 bits per heavy atom. The Bertz CT molecular complexity index is 935. The molecule has 1 N–H and O–H groups in total. The van der Waals surface area contributed by atoms with Crippen LogP contribution in [0.25, 0.3) is 0 Å². The second kappa shape index (κ2) is 7.22. The van der Waals surface area contributed by atoms with Gasteiger partial charge in [0.15, 0.2) is 5.82 Å². The highest BCUT2D eigenvalue weighted by Gasteiger charge is 2.21. The first kappa shape index (κ1) is 17.3. The first-order valence-electron chi connectivity index (χ1n) is 8.89. The van der Waals surface area contributed by atoms with Crippen LogP contribution in [0.1, 0.15) is 11.6 Å². The molecule has 1 aliphatic heterocycles. The summed E-state index contributed by atoms with van der Waals surface area (Å²) in [6.07, 6.45) is 0. The molecule has 8 heteroatoms. The molecule has 140 valence electrons. The smallest absolute Gasteiger partial charge is 0.175 e. The summed E-state index contributed by atoms with van der Waals surface area (Å²) < 4.78 is 19.1. The highest BCUT2D eigenvalue weighted by Crippen LogP contribution is 2.24. The van der Waals surface area contributed by atoms with Crippen molar-refractivity contribution in [2.24, 2.45) is 0 Å². The Morgan fingerprint density at radius 3 is 2.41 bits per heavy atom. The van der Waals surface area contributed by atoms with Gasteiger partial charge in [-0.05, 0) is 26.0 Å². The number of hydrogen-bond donors (Lipinski definition) is 1. The van der Waals surface area contributed by atoms with Crippen LogP contribution in [0, 0.1) is 19.7 Å². The van der Waals surface area contributed by atoms with Gasteiger partial charge in [0.25, 0.3) is 0 Å². The van der Waals surface area contributed by atoms with Crippen LogP contribution >= 0.6 is 0 Å². The highest BCUT2D eigenvalue weighted by atomic mass is 19.1. The predicted octanol–water partition coefficient (Wildman–Crippen LogP) is 3.29. The predicted molar refractivity (Wildman–Crippen MR) is 102 cm³/mol. The van der Waals surface area contributed by atoms with E-state index in [4.69, 9.17) is 4.52 Å². The van der Waals surface area contributed by atoms with Gasteiger partial charge in [0.2, 0.25) is 0 Å². The second-order valence-corrected chi connectivity index (χ2v) is 6.53. The summed E-state index contributed by atoms with van der Waals surface area (Å²) in [6, 6.07) is 10.6. The van der Waals surface area contributed by atoms with Crippen molar-refractivity contribution in [2.75, 3.05) is 41.3 Å². The van der Waals surface area contributed by atoms with E-state index in [2.05, 4.69) is 30.2 Å². The Morgan fingerprint density at radius 1 is 0.963 bits per heavy atom. The lowest BCUT2D eigenvalue weighted by molar-refractivity contribution is 0.400. The van der Waals surface area contributed by atoms with Gasteiger partial charge in [0.05, 0.1) is 5.69 Å². The molecule has 3 aromatic rings. The van der Waals surface area contributed by atoms with Crippen molar-refractivity contribution >= 4 is 23.1 Å². The second-order valence-electron chi connectivity index (χ2n) is 6.53. The maximum absolute atomic E-state index is 14.0. The normalized spacial score (nSPS) is 14.5. The van der Waals surface area contributed by atoms with E-state index in [1.54, 1.807) is 6.07 Å². The number of nitrogens with zero attached hydrogens (tertiary/aromatic N) is 5. The van der Waals surface area contributed by atoms with Gasteiger partial charge in [-0.15, -0.1) is 0 Å². The highest BCUT2D eigenvalue weighted by molar-refractivity contribution is 5.57. The maximum atomic E-state index is 14.0. The van der Waals surface area contributed by atoms with E-state index in [0.717, 1.165) is 37.8 Å². The first-order valence-corrected chi connectivity index (χ1v) is 8.89. The molecule has 0 aliphatic carbocycles. The fourth-order valence-electron chi connectivity index (χ4n) is 3.22. The van der Waals surface area contributed by atoms with Gasteiger partial charge in [-0.2, -0.15) is 0 Å². The molecule has 7 nitrogen and oxygen atoms in total. The lowest BCUT2D eigenvalue weighted by Gasteiger charge is -2.37. The average Bonchev–Trinajstić information content (AvgIpc) is 3.06. The van der Waals surface area contributed by atoms with E-state index >= 15 is 0 Å². The van der Waals surface area contributed by atoms with E-state index in [1.807, 2.05) is 38.1 Å². The van der Waals surface area contributed by atoms with Crippen molar-refractivity contribution in [2.45, 2.75) is 13.8 Å². The summed E-state index contributed by atoms with van der Waals surface area (Å²) in [6.45, 7) is 6.67. The van der Waals surface area contributed by atoms with Gasteiger partial charge < -0.3 is 19.6 Å². The summed E-state index contributed by atoms with van der Waals surface area (Å²) in [4.78, 5) is 13.2. The van der Waals surface area contributed by atoms with Crippen LogP contribution in [0.2, 0.25) is 0 Å². The summed E-state index contributed by atoms with van der Waals surface area (Å²) >= 11 is 0. The topological polar surface area (TPSA) is 70.3 Å². The molecule has 1 aliphatic rings. The molecule has 3 heterocycles. The minimum absolute atomic E-state index is 0.182. The van der Waals surface area contributed by atoms with Crippen molar-refractivity contribution < 1.29 is 8.91 Å². The molecule has 0 spiro atoms. The first-order chi connectivity index (χ1) is 13.1. The number of piperazine rings is 1. The third-order valence-corrected chi connectivity index (χ3v) is 4.51. The molecule has 27 heavy (non-hydrogen) atoms. The largest absolute Gasteiger partial charge is 0.366 e. The third-order valence-electron chi connectivity index (χ3n) is 4.51. The quantitative estimate of drug-likeness (QED) is 0.758. The van der Waals surface area contributed by atoms with Crippen molar-refractivity contribution in [1.82, 2.24) is 15.1 Å². The summed E-state index contributed by atoms with van der Waals surface area (Å²) in [5.74, 6) is 3.35. The molecule has 0 unspecified atom stereocenters. The number of para-hydroxylation sites is 1. The minimum atomic E-state index is -0.182. The third kappa shape index (κ3) is 3.84. The monoisotopic (exact) mass is 368 g/mol. The molecule has 2 aromatic heterocycles. The van der Waals surface area contributed by atoms with Crippen molar-refractivity contribution in [3.63, 3.8) is 0 Å². The van der Waals surface area contributed by atoms with Crippen molar-refractivity contribution in [3.05, 3.63) is 53.8 Å². The molecule has 0 bridgehead atoms. The van der Waals surface area contributed by atoms with Gasteiger partial charge in [-0.1, -0.05) is 17.3 Å². The molecule has 1 fully saturated rings. The van der Waals surface area contributed by atoms with E-state index in [-0.39, 0.29) is 5.82 Å². The summed E-state index contributed by atoms with van der Waals surface area (Å²) in [7, 11) is 0. The molecule has 1 aromatic carbocycles. The number of aromatic nitrogens is 3. The fraction of sp³-hybridized carbons (Fsp3) is 0.316. The van der Waals surface area contributed by atoms with Crippen LogP contribution in [0.3, 0.4) is 0 Å². The van der Waals surface area contributed by atoms with E-state index < -0.39 is 0 Å². The number of halogens is 1. The van der Waals surface area contributed by atoms with Crippen LogP contribution in [0.4, 0.5) is 27.5 Å². The number of hydrogen-bond acceptors (Lipinski definition) is 7. The number of rotatable bonds is 4. The average molecular weight is 368 g/mol. The Kier molecular flexibility index (Phi) is 4.62. The van der Waals surface area contributed by atoms with Gasteiger partial charge >= 0.3 is 0 Å². The number of benzene rings is 1. The van der Waals surface area contributed by atoms with Crippen LogP contribution in [-0.2, 0) is 0 Å². The maximum Gasteiger partial charge on any atom is 0.175 e. The molecule has 1 saturated heterocycles. The zero-order chi connectivity index (χ0) is 18.8. The van der Waals surface area contributed by atoms with Crippen molar-refractivity contribution in [3.8, 4) is 0 Å². The van der Waals surface area contributed by atoms with Gasteiger partial charge in [-0.25, -0.2) is 14.4 Å². The molecule has 0 radical (unpaired) electrons. The van der Waals surface area contributed by atoms with Crippen LogP contribution in [0.5, 0.6) is 0 Å². The number of aryl methyl sites for hydroxylation is 2. The fourth-order valence-corrected chi connectivity index (χ4v) is 3.22. The standard InChI is InChI=1S/C19H21FN6O/c1-13-11-18(24-27-13)23-17-12-19(22-14(2)21-17)26-9-7-25(8-10-26)16-6-4-3-5-15(16)20/h3-6,11-12H,7-10H2,1-2H3,(H,21,22,23,24). The van der Waals surface area contributed by atoms with E-state index in [1.165, 1.54) is 6.07 Å². The van der Waals surface area contributed by atoms with Gasteiger partial charge in [-0.3, -0.25) is 0 Å². The Hall–Kier alpha value is -3.16. The van der Waals surface area contributed by atoms with Crippen LogP contribution in [0.15, 0.2) is 40.9 Å². The van der Waals surface area contributed by atoms with Gasteiger partial charge in [0, 0.05) is 38.3 Å². The van der Waals surface area contributed by atoms with Crippen molar-refractivity contribution in [1.29, 1.82) is 0 Å². The zero-order valence-corrected chi connectivity index (χ0v) is 15.3. The summed E-state index contributed by atoms with van der Waals surface area (Å²) in [5, 5.41) is 7.08. The number of nitrogens with one attached hydrogen (secondary N) is 1. The van der Waals surface area contributed by atoms with Crippen LogP contribution in [-0.4, -0.2) is 41.3 Å². The molecular formula is C19H21FN6O. The molecule has 0 atom stereocenters. The summed E-state index contributed by atoms with van der Waals surface area (Å²) in [5.41, 5.74) is 0.653. The van der Waals surface area contributed by atoms with E-state index in [0.29, 0.717) is 23.1 Å². The molecule has 4 rings (SSSR count). The van der Waals surface area contributed by atoms with Crippen LogP contribution < -0.4 is 15.1 Å². The molecular weight excluding hydrogens is 347 g/mol.